The van der Waals surface area contributed by atoms with Crippen molar-refractivity contribution in [3.05, 3.63) is 40.1 Å². The average Bonchev–Trinajstić information content (AvgIpc) is 2.81. The lowest BCUT2D eigenvalue weighted by Gasteiger charge is -2.05. The van der Waals surface area contributed by atoms with E-state index in [9.17, 15) is 14.9 Å². The Morgan fingerprint density at radius 3 is 2.95 bits per heavy atom. The first-order valence-electron chi connectivity index (χ1n) is 4.99. The summed E-state index contributed by atoms with van der Waals surface area (Å²) < 4.78 is 1.27. The molecule has 0 fully saturated rings. The molecule has 2 aromatic rings. The number of nitrogens with zero attached hydrogens (tertiary/aromatic N) is 5. The Labute approximate surface area is 111 Å². The first-order chi connectivity index (χ1) is 9.06. The summed E-state index contributed by atoms with van der Waals surface area (Å²) in [5.74, 6) is -0.731. The van der Waals surface area contributed by atoms with E-state index in [4.69, 9.17) is 11.6 Å². The van der Waals surface area contributed by atoms with Crippen LogP contribution in [-0.4, -0.2) is 30.6 Å². The number of amides is 1. The van der Waals surface area contributed by atoms with Crippen LogP contribution in [0.5, 0.6) is 0 Å². The van der Waals surface area contributed by atoms with E-state index in [0.717, 1.165) is 0 Å². The van der Waals surface area contributed by atoms with Crippen LogP contribution in [0.4, 0.5) is 11.5 Å². The molecule has 0 spiro atoms. The third kappa shape index (κ3) is 3.22. The van der Waals surface area contributed by atoms with Crippen molar-refractivity contribution in [2.24, 2.45) is 0 Å². The summed E-state index contributed by atoms with van der Waals surface area (Å²) in [4.78, 5) is 29.2. The second kappa shape index (κ2) is 5.40. The number of nitro groups is 1. The van der Waals surface area contributed by atoms with Crippen molar-refractivity contribution >= 4 is 29.0 Å². The van der Waals surface area contributed by atoms with Gasteiger partial charge in [-0.3, -0.25) is 14.9 Å². The van der Waals surface area contributed by atoms with E-state index in [0.29, 0.717) is 0 Å². The summed E-state index contributed by atoms with van der Waals surface area (Å²) in [6, 6.07) is 2.44. The number of pyridine rings is 1. The summed E-state index contributed by atoms with van der Waals surface area (Å²) in [7, 11) is 0. The van der Waals surface area contributed by atoms with Crippen molar-refractivity contribution < 1.29 is 9.72 Å². The van der Waals surface area contributed by atoms with Crippen LogP contribution in [0.2, 0.25) is 5.15 Å². The van der Waals surface area contributed by atoms with Gasteiger partial charge in [0.25, 0.3) is 0 Å². The van der Waals surface area contributed by atoms with Gasteiger partial charge in [-0.1, -0.05) is 11.6 Å². The standard InChI is InChI=1S/C9H7ClN6O3/c10-7-2-1-6(16(18)19)9(13-7)14-8(17)3-15-5-11-4-12-15/h1-2,4-5H,3H2,(H,13,14,17). The fraction of sp³-hybridized carbons (Fsp3) is 0.111. The van der Waals surface area contributed by atoms with Gasteiger partial charge < -0.3 is 5.32 Å². The normalized spacial score (nSPS) is 10.2. The van der Waals surface area contributed by atoms with Crippen molar-refractivity contribution in [3.8, 4) is 0 Å². The van der Waals surface area contributed by atoms with Gasteiger partial charge in [0.1, 0.15) is 24.4 Å². The zero-order valence-corrected chi connectivity index (χ0v) is 10.1. The van der Waals surface area contributed by atoms with Gasteiger partial charge in [-0.05, 0) is 6.07 Å². The lowest BCUT2D eigenvalue weighted by atomic mass is 10.4. The van der Waals surface area contributed by atoms with Crippen LogP contribution in [0, 0.1) is 10.1 Å². The number of carbonyl (C=O) groups is 1. The van der Waals surface area contributed by atoms with Crippen molar-refractivity contribution in [1.29, 1.82) is 0 Å². The Kier molecular flexibility index (Phi) is 3.66. The molecule has 0 aliphatic heterocycles. The molecular formula is C9H7ClN6O3. The van der Waals surface area contributed by atoms with Crippen LogP contribution < -0.4 is 5.32 Å². The van der Waals surface area contributed by atoms with Gasteiger partial charge in [-0.15, -0.1) is 0 Å². The number of halogens is 1. The van der Waals surface area contributed by atoms with Crippen molar-refractivity contribution in [2.75, 3.05) is 5.32 Å². The number of hydrogen-bond acceptors (Lipinski definition) is 6. The Hall–Kier alpha value is -2.55. The van der Waals surface area contributed by atoms with Gasteiger partial charge in [-0.25, -0.2) is 14.6 Å². The minimum absolute atomic E-state index is 0.0432. The molecule has 98 valence electrons. The van der Waals surface area contributed by atoms with Crippen molar-refractivity contribution in [1.82, 2.24) is 19.7 Å². The quantitative estimate of drug-likeness (QED) is 0.505. The number of anilines is 1. The van der Waals surface area contributed by atoms with E-state index >= 15 is 0 Å². The zero-order valence-electron chi connectivity index (χ0n) is 9.36. The second-order valence-corrected chi connectivity index (χ2v) is 3.79. The van der Waals surface area contributed by atoms with Crippen molar-refractivity contribution in [3.63, 3.8) is 0 Å². The lowest BCUT2D eigenvalue weighted by molar-refractivity contribution is -0.384. The summed E-state index contributed by atoms with van der Waals surface area (Å²) in [6.07, 6.45) is 2.62. The van der Waals surface area contributed by atoms with E-state index in [1.165, 1.54) is 29.5 Å². The summed E-state index contributed by atoms with van der Waals surface area (Å²) in [5.41, 5.74) is -0.337. The van der Waals surface area contributed by atoms with Gasteiger partial charge in [0, 0.05) is 6.07 Å². The van der Waals surface area contributed by atoms with Gasteiger partial charge in [0.2, 0.25) is 11.7 Å². The number of aromatic nitrogens is 4. The molecule has 19 heavy (non-hydrogen) atoms. The van der Waals surface area contributed by atoms with Crippen LogP contribution in [0.1, 0.15) is 0 Å². The molecule has 10 heteroatoms. The largest absolute Gasteiger partial charge is 0.311 e. The number of hydrogen-bond donors (Lipinski definition) is 1. The predicted molar refractivity (Wildman–Crippen MR) is 64.6 cm³/mol. The molecule has 0 aromatic carbocycles. The maximum Gasteiger partial charge on any atom is 0.311 e. The van der Waals surface area contributed by atoms with E-state index in [1.807, 2.05) is 0 Å². The zero-order chi connectivity index (χ0) is 13.8. The molecule has 1 N–H and O–H groups in total. The molecule has 0 unspecified atom stereocenters. The lowest BCUT2D eigenvalue weighted by Crippen LogP contribution is -2.20. The molecule has 2 heterocycles. The monoisotopic (exact) mass is 282 g/mol. The summed E-state index contributed by atoms with van der Waals surface area (Å²) in [6.45, 7) is -0.134. The number of rotatable bonds is 4. The van der Waals surface area contributed by atoms with Crippen LogP contribution in [0.3, 0.4) is 0 Å². The van der Waals surface area contributed by atoms with Gasteiger partial charge in [0.15, 0.2) is 0 Å². The molecule has 2 rings (SSSR count). The molecule has 0 aliphatic rings. The average molecular weight is 283 g/mol. The number of carbonyl (C=O) groups excluding carboxylic acids is 1. The Morgan fingerprint density at radius 1 is 1.53 bits per heavy atom. The predicted octanol–water partition coefficient (Wildman–Crippen LogP) is 0.873. The molecule has 1 amide bonds. The van der Waals surface area contributed by atoms with Gasteiger partial charge in [-0.2, -0.15) is 5.10 Å². The molecule has 0 saturated carbocycles. The fourth-order valence-corrected chi connectivity index (χ4v) is 1.45. The Morgan fingerprint density at radius 2 is 2.32 bits per heavy atom. The summed E-state index contributed by atoms with van der Waals surface area (Å²) >= 11 is 5.64. The third-order valence-electron chi connectivity index (χ3n) is 2.07. The van der Waals surface area contributed by atoms with Gasteiger partial charge >= 0.3 is 5.69 Å². The molecular weight excluding hydrogens is 276 g/mol. The number of nitrogens with one attached hydrogen (secondary N) is 1. The fourth-order valence-electron chi connectivity index (χ4n) is 1.30. The molecule has 2 aromatic heterocycles. The third-order valence-corrected chi connectivity index (χ3v) is 2.28. The Balaban J connectivity index is 2.16. The second-order valence-electron chi connectivity index (χ2n) is 3.40. The maximum absolute atomic E-state index is 11.7. The van der Waals surface area contributed by atoms with Gasteiger partial charge in [0.05, 0.1) is 4.92 Å². The molecule has 0 bridgehead atoms. The highest BCUT2D eigenvalue weighted by Crippen LogP contribution is 2.23. The highest BCUT2D eigenvalue weighted by atomic mass is 35.5. The van der Waals surface area contributed by atoms with E-state index in [2.05, 4.69) is 20.4 Å². The van der Waals surface area contributed by atoms with Crippen LogP contribution in [0.25, 0.3) is 0 Å². The maximum atomic E-state index is 11.7. The SMILES string of the molecule is O=C(Cn1cncn1)Nc1nc(Cl)ccc1[N+](=O)[O-]. The first kappa shape index (κ1) is 12.9. The van der Waals surface area contributed by atoms with E-state index < -0.39 is 10.8 Å². The first-order valence-corrected chi connectivity index (χ1v) is 5.37. The van der Waals surface area contributed by atoms with Crippen LogP contribution in [0.15, 0.2) is 24.8 Å². The highest BCUT2D eigenvalue weighted by molar-refractivity contribution is 6.29. The minimum Gasteiger partial charge on any atom is -0.303 e. The molecule has 0 saturated heterocycles. The molecule has 0 atom stereocenters. The molecule has 0 radical (unpaired) electrons. The smallest absolute Gasteiger partial charge is 0.303 e. The van der Waals surface area contributed by atoms with Crippen LogP contribution in [-0.2, 0) is 11.3 Å². The minimum atomic E-state index is -0.658. The highest BCUT2D eigenvalue weighted by Gasteiger charge is 2.18. The molecule has 0 aliphatic carbocycles. The summed E-state index contributed by atoms with van der Waals surface area (Å²) in [5, 5.41) is 16.9. The molecule has 9 nitrogen and oxygen atoms in total. The van der Waals surface area contributed by atoms with Crippen molar-refractivity contribution in [2.45, 2.75) is 6.54 Å². The van der Waals surface area contributed by atoms with E-state index in [1.54, 1.807) is 0 Å². The Bertz CT molecular complexity index is 614. The van der Waals surface area contributed by atoms with Crippen LogP contribution >= 0.6 is 11.6 Å². The van der Waals surface area contributed by atoms with E-state index in [-0.39, 0.29) is 23.2 Å². The topological polar surface area (TPSA) is 116 Å².